The average molecular weight is 690 g/mol. The first-order valence-electron chi connectivity index (χ1n) is 15.1. The van der Waals surface area contributed by atoms with E-state index in [4.69, 9.17) is 4.74 Å². The molecule has 2 atom stereocenters. The van der Waals surface area contributed by atoms with Gasteiger partial charge in [0.1, 0.15) is 11.8 Å². The third-order valence-electron chi connectivity index (χ3n) is 7.64. The summed E-state index contributed by atoms with van der Waals surface area (Å²) in [6, 6.07) is 30.0. The van der Waals surface area contributed by atoms with Crippen LogP contribution in [0.1, 0.15) is 24.1 Å². The Morgan fingerprint density at radius 3 is 1.98 bits per heavy atom. The number of sulfonamides is 2. The molecular formula is C34H35N5O7S2. The fourth-order valence-corrected chi connectivity index (χ4v) is 8.13. The number of ether oxygens (including phenoxy) is 1. The number of carbonyl (C=O) groups excluding carboxylic acids is 2. The lowest BCUT2D eigenvalue weighted by Gasteiger charge is -2.38. The van der Waals surface area contributed by atoms with E-state index in [1.54, 1.807) is 60.7 Å². The average Bonchev–Trinajstić information content (AvgIpc) is 3.12. The molecule has 0 bridgehead atoms. The third-order valence-corrected chi connectivity index (χ3v) is 11.4. The SMILES string of the molecule is CC(NC(=O)COc1ccc(/C=N/NC(=O)C2CN(S(=O)(=O)c3ccccc3)CCN2S(=O)(=O)c2ccccc2)cc1)c1ccccc1. The number of carbonyl (C=O) groups is 2. The van der Waals surface area contributed by atoms with Crippen LogP contribution in [0, 0.1) is 0 Å². The van der Waals surface area contributed by atoms with Crippen LogP contribution < -0.4 is 15.5 Å². The molecule has 2 amide bonds. The Kier molecular flexibility index (Phi) is 11.0. The minimum Gasteiger partial charge on any atom is -0.484 e. The van der Waals surface area contributed by atoms with Crippen LogP contribution in [0.4, 0.5) is 0 Å². The van der Waals surface area contributed by atoms with Crippen LogP contribution in [-0.2, 0) is 29.6 Å². The minimum atomic E-state index is -4.15. The first-order valence-corrected chi connectivity index (χ1v) is 18.0. The van der Waals surface area contributed by atoms with Gasteiger partial charge in [0.15, 0.2) is 6.61 Å². The van der Waals surface area contributed by atoms with E-state index in [0.29, 0.717) is 11.3 Å². The van der Waals surface area contributed by atoms with E-state index in [2.05, 4.69) is 15.8 Å². The van der Waals surface area contributed by atoms with Gasteiger partial charge < -0.3 is 10.1 Å². The molecule has 0 aromatic heterocycles. The Hall–Kier alpha value is -4.89. The zero-order chi connectivity index (χ0) is 34.1. The predicted octanol–water partition coefficient (Wildman–Crippen LogP) is 3.16. The maximum absolute atomic E-state index is 13.6. The predicted molar refractivity (Wildman–Crippen MR) is 180 cm³/mol. The molecule has 14 heteroatoms. The van der Waals surface area contributed by atoms with Crippen LogP contribution >= 0.6 is 0 Å². The van der Waals surface area contributed by atoms with Crippen molar-refractivity contribution in [2.24, 2.45) is 5.10 Å². The number of benzene rings is 4. The summed E-state index contributed by atoms with van der Waals surface area (Å²) in [6.07, 6.45) is 1.35. The van der Waals surface area contributed by atoms with E-state index in [0.717, 1.165) is 14.2 Å². The van der Waals surface area contributed by atoms with Gasteiger partial charge in [-0.3, -0.25) is 9.59 Å². The number of rotatable bonds is 12. The van der Waals surface area contributed by atoms with Gasteiger partial charge in [-0.1, -0.05) is 66.7 Å². The van der Waals surface area contributed by atoms with Crippen molar-refractivity contribution >= 4 is 38.1 Å². The molecule has 0 radical (unpaired) electrons. The van der Waals surface area contributed by atoms with Crippen LogP contribution in [-0.4, -0.2) is 75.8 Å². The van der Waals surface area contributed by atoms with E-state index in [-0.39, 0.29) is 41.4 Å². The Balaban J connectivity index is 1.23. The molecule has 1 saturated heterocycles. The quantitative estimate of drug-likeness (QED) is 0.171. The second kappa shape index (κ2) is 15.3. The summed E-state index contributed by atoms with van der Waals surface area (Å²) >= 11 is 0. The number of hydrogen-bond acceptors (Lipinski definition) is 8. The summed E-state index contributed by atoms with van der Waals surface area (Å²) in [5, 5.41) is 6.88. The largest absolute Gasteiger partial charge is 0.484 e. The lowest BCUT2D eigenvalue weighted by atomic mass is 10.1. The second-order valence-corrected chi connectivity index (χ2v) is 14.7. The van der Waals surface area contributed by atoms with Crippen molar-refractivity contribution < 1.29 is 31.2 Å². The summed E-state index contributed by atoms with van der Waals surface area (Å²) in [6.45, 7) is 0.917. The van der Waals surface area contributed by atoms with Crippen LogP contribution in [0.3, 0.4) is 0 Å². The number of amides is 2. The van der Waals surface area contributed by atoms with Crippen molar-refractivity contribution in [3.05, 3.63) is 126 Å². The monoisotopic (exact) mass is 689 g/mol. The van der Waals surface area contributed by atoms with E-state index in [1.165, 1.54) is 30.5 Å². The van der Waals surface area contributed by atoms with Crippen LogP contribution in [0.5, 0.6) is 5.75 Å². The van der Waals surface area contributed by atoms with Crippen molar-refractivity contribution in [1.82, 2.24) is 19.4 Å². The van der Waals surface area contributed by atoms with Gasteiger partial charge in [-0.15, -0.1) is 0 Å². The van der Waals surface area contributed by atoms with Crippen molar-refractivity contribution in [1.29, 1.82) is 0 Å². The summed E-state index contributed by atoms with van der Waals surface area (Å²) < 4.78 is 61.6. The van der Waals surface area contributed by atoms with Gasteiger partial charge in [0.2, 0.25) is 20.0 Å². The molecule has 1 heterocycles. The molecule has 12 nitrogen and oxygen atoms in total. The van der Waals surface area contributed by atoms with Gasteiger partial charge in [0.25, 0.3) is 11.8 Å². The summed E-state index contributed by atoms with van der Waals surface area (Å²) in [5.74, 6) is -0.627. The Bertz CT molecular complexity index is 1940. The fraction of sp³-hybridized carbons (Fsp3) is 0.206. The smallest absolute Gasteiger partial charge is 0.259 e. The topological polar surface area (TPSA) is 155 Å². The highest BCUT2D eigenvalue weighted by Gasteiger charge is 2.43. The normalized spacial score (nSPS) is 16.6. The lowest BCUT2D eigenvalue weighted by Crippen LogP contribution is -2.60. The number of nitrogens with zero attached hydrogens (tertiary/aromatic N) is 3. The number of hydrazone groups is 1. The van der Waals surface area contributed by atoms with Gasteiger partial charge in [-0.05, 0) is 66.6 Å². The third kappa shape index (κ3) is 8.33. The van der Waals surface area contributed by atoms with Crippen molar-refractivity contribution in [3.63, 3.8) is 0 Å². The molecule has 1 aliphatic rings. The number of nitrogens with one attached hydrogen (secondary N) is 2. The first kappa shape index (κ1) is 34.4. The van der Waals surface area contributed by atoms with Gasteiger partial charge in [-0.2, -0.15) is 13.7 Å². The molecule has 1 fully saturated rings. The van der Waals surface area contributed by atoms with Crippen LogP contribution in [0.25, 0.3) is 0 Å². The van der Waals surface area contributed by atoms with E-state index in [1.807, 2.05) is 37.3 Å². The van der Waals surface area contributed by atoms with Gasteiger partial charge in [0, 0.05) is 19.6 Å². The first-order chi connectivity index (χ1) is 23.1. The molecule has 2 unspecified atom stereocenters. The zero-order valence-corrected chi connectivity index (χ0v) is 27.7. The lowest BCUT2D eigenvalue weighted by molar-refractivity contribution is -0.126. The van der Waals surface area contributed by atoms with Crippen molar-refractivity contribution in [2.75, 3.05) is 26.2 Å². The Morgan fingerprint density at radius 2 is 1.38 bits per heavy atom. The summed E-state index contributed by atoms with van der Waals surface area (Å²) in [7, 11) is -8.15. The minimum absolute atomic E-state index is 0.0174. The highest BCUT2D eigenvalue weighted by molar-refractivity contribution is 7.89. The van der Waals surface area contributed by atoms with E-state index < -0.39 is 38.5 Å². The maximum atomic E-state index is 13.6. The molecule has 5 rings (SSSR count). The van der Waals surface area contributed by atoms with Gasteiger partial charge in [0.05, 0.1) is 22.0 Å². The van der Waals surface area contributed by atoms with E-state index in [9.17, 15) is 26.4 Å². The highest BCUT2D eigenvalue weighted by atomic mass is 32.2. The fourth-order valence-electron chi connectivity index (χ4n) is 5.08. The molecule has 0 spiro atoms. The van der Waals surface area contributed by atoms with Crippen LogP contribution in [0.15, 0.2) is 130 Å². The molecule has 0 saturated carbocycles. The number of piperazine rings is 1. The molecule has 250 valence electrons. The molecule has 1 aliphatic heterocycles. The standard InChI is InChI=1S/C34H35N5O7S2/c1-26(28-11-5-2-6-12-28)36-33(40)25-46-29-19-17-27(18-20-29)23-35-37-34(41)32-24-38(47(42,43)30-13-7-3-8-14-30)21-22-39(32)48(44,45)31-15-9-4-10-16-31/h2-20,23,26,32H,21-22,24-25H2,1H3,(H,36,40)(H,37,41)/b35-23+. The van der Waals surface area contributed by atoms with Gasteiger partial charge >= 0.3 is 0 Å². The van der Waals surface area contributed by atoms with Crippen LogP contribution in [0.2, 0.25) is 0 Å². The molecular weight excluding hydrogens is 655 g/mol. The van der Waals surface area contributed by atoms with Gasteiger partial charge in [-0.25, -0.2) is 22.3 Å². The number of hydrogen-bond donors (Lipinski definition) is 2. The van der Waals surface area contributed by atoms with Crippen molar-refractivity contribution in [3.8, 4) is 5.75 Å². The highest BCUT2D eigenvalue weighted by Crippen LogP contribution is 2.25. The molecule has 48 heavy (non-hydrogen) atoms. The Morgan fingerprint density at radius 1 is 0.812 bits per heavy atom. The molecule has 2 N–H and O–H groups in total. The molecule has 4 aromatic carbocycles. The second-order valence-electron chi connectivity index (χ2n) is 10.9. The summed E-state index contributed by atoms with van der Waals surface area (Å²) in [4.78, 5) is 25.8. The molecule has 0 aliphatic carbocycles. The van der Waals surface area contributed by atoms with E-state index >= 15 is 0 Å². The molecule has 4 aromatic rings. The zero-order valence-electron chi connectivity index (χ0n) is 26.0. The Labute approximate surface area is 280 Å². The summed E-state index contributed by atoms with van der Waals surface area (Å²) in [5.41, 5.74) is 3.93. The maximum Gasteiger partial charge on any atom is 0.259 e. The van der Waals surface area contributed by atoms with Crippen molar-refractivity contribution in [2.45, 2.75) is 28.8 Å².